The van der Waals surface area contributed by atoms with E-state index in [4.69, 9.17) is 14.3 Å². The maximum Gasteiger partial charge on any atom is 0.266 e. The molecule has 0 bridgehead atoms. The zero-order valence-corrected chi connectivity index (χ0v) is 20.7. The van der Waals surface area contributed by atoms with Crippen LogP contribution in [0.1, 0.15) is 37.4 Å². The van der Waals surface area contributed by atoms with Gasteiger partial charge in [0.25, 0.3) is 5.91 Å². The van der Waals surface area contributed by atoms with Crippen molar-refractivity contribution in [2.45, 2.75) is 38.8 Å². The molecule has 0 aromatic heterocycles. The molecule has 3 aromatic carbocycles. The number of hydrogen-bond donors (Lipinski definition) is 0. The van der Waals surface area contributed by atoms with Crippen LogP contribution in [0.15, 0.2) is 72.8 Å². The Kier molecular flexibility index (Phi) is 6.65. The average Bonchev–Trinajstić information content (AvgIpc) is 3.43. The summed E-state index contributed by atoms with van der Waals surface area (Å²) in [5.74, 6) is -0.135. The first-order valence-electron chi connectivity index (χ1n) is 12.4. The van der Waals surface area contributed by atoms with E-state index in [0.29, 0.717) is 23.8 Å². The molecular formula is C29H30N2O5. The van der Waals surface area contributed by atoms with E-state index >= 15 is 0 Å². The predicted molar refractivity (Wildman–Crippen MR) is 137 cm³/mol. The molecule has 0 N–H and O–H groups in total. The highest BCUT2D eigenvalue weighted by Gasteiger charge is 2.60. The molecule has 3 unspecified atom stereocenters. The molecule has 2 amide bonds. The van der Waals surface area contributed by atoms with Crippen LogP contribution < -0.4 is 19.4 Å². The van der Waals surface area contributed by atoms with Gasteiger partial charge in [-0.1, -0.05) is 50.2 Å². The Balaban J connectivity index is 1.55. The molecular weight excluding hydrogens is 456 g/mol. The van der Waals surface area contributed by atoms with Gasteiger partial charge >= 0.3 is 0 Å². The molecule has 2 fully saturated rings. The molecule has 0 aliphatic carbocycles. The van der Waals surface area contributed by atoms with Crippen LogP contribution in [0.3, 0.4) is 0 Å². The smallest absolute Gasteiger partial charge is 0.266 e. The SMILES string of the molecule is CCCOc1ccc(C2C3C(=O)N(c4ccc(CC)cc4)C(=O)C3ON2c2ccccc2)cc1OC. The van der Waals surface area contributed by atoms with Crippen molar-refractivity contribution in [1.29, 1.82) is 0 Å². The van der Waals surface area contributed by atoms with Crippen LogP contribution in [-0.2, 0) is 20.8 Å². The third kappa shape index (κ3) is 4.09. The summed E-state index contributed by atoms with van der Waals surface area (Å²) in [6.45, 7) is 4.68. The largest absolute Gasteiger partial charge is 0.493 e. The topological polar surface area (TPSA) is 68.3 Å². The molecule has 2 heterocycles. The van der Waals surface area contributed by atoms with Crippen molar-refractivity contribution < 1.29 is 23.9 Å². The number of ether oxygens (including phenoxy) is 2. The van der Waals surface area contributed by atoms with Crippen molar-refractivity contribution in [1.82, 2.24) is 0 Å². The van der Waals surface area contributed by atoms with Gasteiger partial charge < -0.3 is 9.47 Å². The lowest BCUT2D eigenvalue weighted by Crippen LogP contribution is -2.37. The first-order chi connectivity index (χ1) is 17.6. The Morgan fingerprint density at radius 2 is 1.61 bits per heavy atom. The van der Waals surface area contributed by atoms with Gasteiger partial charge in [0, 0.05) is 0 Å². The standard InChI is InChI=1S/C29H30N2O5/c1-4-17-35-23-16-13-20(18-24(23)34-3)26-25-27(36-31(26)22-9-7-6-8-10-22)29(33)30(28(25)32)21-14-11-19(5-2)12-15-21/h6-16,18,25-27H,4-5,17H2,1-3H3. The minimum absolute atomic E-state index is 0.275. The number of benzene rings is 3. The maximum atomic E-state index is 13.8. The lowest BCUT2D eigenvalue weighted by molar-refractivity contribution is -0.126. The summed E-state index contributed by atoms with van der Waals surface area (Å²) in [6.07, 6.45) is 0.832. The third-order valence-corrected chi connectivity index (χ3v) is 6.72. The number of rotatable bonds is 8. The van der Waals surface area contributed by atoms with Crippen LogP contribution in [-0.4, -0.2) is 31.6 Å². The Bertz CT molecular complexity index is 1240. The lowest BCUT2D eigenvalue weighted by Gasteiger charge is -2.29. The number of imide groups is 1. The second kappa shape index (κ2) is 10.0. The molecule has 0 radical (unpaired) electrons. The van der Waals surface area contributed by atoms with Crippen molar-refractivity contribution in [3.63, 3.8) is 0 Å². The minimum Gasteiger partial charge on any atom is -0.493 e. The highest BCUT2D eigenvalue weighted by atomic mass is 16.7. The van der Waals surface area contributed by atoms with Crippen LogP contribution in [0, 0.1) is 5.92 Å². The monoisotopic (exact) mass is 486 g/mol. The van der Waals surface area contributed by atoms with Crippen molar-refractivity contribution in [2.24, 2.45) is 5.92 Å². The number of hydroxylamine groups is 1. The number of aryl methyl sites for hydroxylation is 1. The Morgan fingerprint density at radius 3 is 2.28 bits per heavy atom. The molecule has 2 saturated heterocycles. The number of nitrogens with zero attached hydrogens (tertiary/aromatic N) is 2. The number of carbonyl (C=O) groups is 2. The molecule has 3 atom stereocenters. The summed E-state index contributed by atoms with van der Waals surface area (Å²) in [6, 6.07) is 22.2. The van der Waals surface area contributed by atoms with E-state index in [1.165, 1.54) is 4.90 Å². The van der Waals surface area contributed by atoms with E-state index < -0.39 is 18.1 Å². The van der Waals surface area contributed by atoms with Crippen molar-refractivity contribution >= 4 is 23.2 Å². The Hall–Kier alpha value is -3.84. The summed E-state index contributed by atoms with van der Waals surface area (Å²) in [4.78, 5) is 34.8. The number of amides is 2. The summed E-state index contributed by atoms with van der Waals surface area (Å²) in [7, 11) is 1.59. The Labute approximate surface area is 211 Å². The van der Waals surface area contributed by atoms with Crippen LogP contribution in [0.25, 0.3) is 0 Å². The van der Waals surface area contributed by atoms with E-state index in [1.54, 1.807) is 12.2 Å². The quantitative estimate of drug-likeness (QED) is 0.413. The third-order valence-electron chi connectivity index (χ3n) is 6.72. The normalized spacial score (nSPS) is 21.1. The van der Waals surface area contributed by atoms with Gasteiger partial charge in [0.15, 0.2) is 17.6 Å². The van der Waals surface area contributed by atoms with E-state index in [-0.39, 0.29) is 11.8 Å². The fourth-order valence-corrected chi connectivity index (χ4v) is 4.89. The fraction of sp³-hybridized carbons (Fsp3) is 0.310. The van der Waals surface area contributed by atoms with Gasteiger partial charge in [-0.15, -0.1) is 0 Å². The van der Waals surface area contributed by atoms with Crippen LogP contribution in [0.4, 0.5) is 11.4 Å². The zero-order chi connectivity index (χ0) is 25.2. The zero-order valence-electron chi connectivity index (χ0n) is 20.7. The number of hydrogen-bond acceptors (Lipinski definition) is 6. The van der Waals surface area contributed by atoms with Gasteiger partial charge in [-0.25, -0.2) is 9.96 Å². The number of anilines is 2. The van der Waals surface area contributed by atoms with Crippen LogP contribution >= 0.6 is 0 Å². The number of para-hydroxylation sites is 1. The molecule has 5 rings (SSSR count). The molecule has 7 nitrogen and oxygen atoms in total. The minimum atomic E-state index is -0.921. The van der Waals surface area contributed by atoms with Gasteiger partial charge in [0.2, 0.25) is 5.91 Å². The van der Waals surface area contributed by atoms with Gasteiger partial charge in [0.1, 0.15) is 5.92 Å². The number of carbonyl (C=O) groups excluding carboxylic acids is 2. The average molecular weight is 487 g/mol. The summed E-state index contributed by atoms with van der Waals surface area (Å²) >= 11 is 0. The fourth-order valence-electron chi connectivity index (χ4n) is 4.89. The summed E-state index contributed by atoms with van der Waals surface area (Å²) in [5.41, 5.74) is 3.27. The van der Waals surface area contributed by atoms with Crippen LogP contribution in [0.2, 0.25) is 0 Å². The molecule has 36 heavy (non-hydrogen) atoms. The van der Waals surface area contributed by atoms with Gasteiger partial charge in [-0.2, -0.15) is 0 Å². The second-order valence-corrected chi connectivity index (χ2v) is 8.95. The molecule has 2 aliphatic rings. The highest BCUT2D eigenvalue weighted by molar-refractivity contribution is 6.23. The van der Waals surface area contributed by atoms with Crippen molar-refractivity contribution in [3.05, 3.63) is 83.9 Å². The molecule has 186 valence electrons. The predicted octanol–water partition coefficient (Wildman–Crippen LogP) is 5.10. The van der Waals surface area contributed by atoms with E-state index in [0.717, 1.165) is 29.7 Å². The van der Waals surface area contributed by atoms with Crippen LogP contribution in [0.5, 0.6) is 11.5 Å². The van der Waals surface area contributed by atoms with Crippen molar-refractivity contribution in [3.8, 4) is 11.5 Å². The molecule has 3 aromatic rings. The van der Waals surface area contributed by atoms with Gasteiger partial charge in [-0.3, -0.25) is 14.4 Å². The van der Waals surface area contributed by atoms with Gasteiger partial charge in [-0.05, 0) is 60.4 Å². The molecule has 2 aliphatic heterocycles. The van der Waals surface area contributed by atoms with E-state index in [2.05, 4.69) is 6.92 Å². The van der Waals surface area contributed by atoms with E-state index in [9.17, 15) is 9.59 Å². The van der Waals surface area contributed by atoms with Gasteiger partial charge in [0.05, 0.1) is 31.1 Å². The van der Waals surface area contributed by atoms with Crippen molar-refractivity contribution in [2.75, 3.05) is 23.7 Å². The lowest BCUT2D eigenvalue weighted by atomic mass is 9.90. The molecule has 7 heteroatoms. The molecule has 0 saturated carbocycles. The first-order valence-corrected chi connectivity index (χ1v) is 12.4. The number of fused-ring (bicyclic) bond motifs is 1. The van der Waals surface area contributed by atoms with E-state index in [1.807, 2.05) is 79.7 Å². The molecule has 0 spiro atoms. The number of methoxy groups -OCH3 is 1. The highest BCUT2D eigenvalue weighted by Crippen LogP contribution is 2.48. The summed E-state index contributed by atoms with van der Waals surface area (Å²) < 4.78 is 11.4. The second-order valence-electron chi connectivity index (χ2n) is 8.95. The summed E-state index contributed by atoms with van der Waals surface area (Å²) in [5, 5.41) is 1.68. The maximum absolute atomic E-state index is 13.8. The Morgan fingerprint density at radius 1 is 0.861 bits per heavy atom. The first kappa shape index (κ1) is 23.9.